The average Bonchev–Trinajstić information content (AvgIpc) is 2.72. The van der Waals surface area contributed by atoms with Crippen molar-refractivity contribution in [1.29, 1.82) is 0 Å². The molecule has 1 unspecified atom stereocenters. The lowest BCUT2D eigenvalue weighted by atomic mass is 9.90. The first-order chi connectivity index (χ1) is 12.7. The molecule has 1 aliphatic rings. The minimum Gasteiger partial charge on any atom is -0.497 e. The molecule has 0 aromatic heterocycles. The van der Waals surface area contributed by atoms with Gasteiger partial charge in [0.2, 0.25) is 12.3 Å². The molecule has 136 valence electrons. The first-order valence-corrected chi connectivity index (χ1v) is 8.87. The van der Waals surface area contributed by atoms with Crippen LogP contribution < -0.4 is 4.74 Å². The summed E-state index contributed by atoms with van der Waals surface area (Å²) in [6.45, 7) is 2.33. The van der Waals surface area contributed by atoms with E-state index in [0.717, 1.165) is 23.3 Å². The number of carbonyl (C=O) groups excluding carboxylic acids is 2. The number of nitrogens with zero attached hydrogens (tertiary/aromatic N) is 2. The van der Waals surface area contributed by atoms with E-state index < -0.39 is 0 Å². The second kappa shape index (κ2) is 8.52. The maximum absolute atomic E-state index is 13.3. The molecule has 1 atom stereocenters. The lowest BCUT2D eigenvalue weighted by Gasteiger charge is -2.35. The molecule has 1 aliphatic heterocycles. The second-order valence-electron chi connectivity index (χ2n) is 6.49. The fourth-order valence-corrected chi connectivity index (χ4v) is 3.32. The van der Waals surface area contributed by atoms with Gasteiger partial charge in [-0.25, -0.2) is 0 Å². The Bertz CT molecular complexity index is 740. The SMILES string of the molecule is COc1cccc(C(Cc2ccccc2)C(=O)N2CCN(C=O)CC2)c1. The van der Waals surface area contributed by atoms with Gasteiger partial charge in [-0.3, -0.25) is 9.59 Å². The monoisotopic (exact) mass is 352 g/mol. The van der Waals surface area contributed by atoms with Crippen molar-refractivity contribution >= 4 is 12.3 Å². The summed E-state index contributed by atoms with van der Waals surface area (Å²) in [6.07, 6.45) is 1.49. The van der Waals surface area contributed by atoms with Crippen LogP contribution in [0.4, 0.5) is 0 Å². The molecule has 1 saturated heterocycles. The smallest absolute Gasteiger partial charge is 0.230 e. The van der Waals surface area contributed by atoms with Crippen molar-refractivity contribution in [2.24, 2.45) is 0 Å². The number of benzene rings is 2. The van der Waals surface area contributed by atoms with Crippen molar-refractivity contribution in [2.75, 3.05) is 33.3 Å². The van der Waals surface area contributed by atoms with Gasteiger partial charge in [-0.2, -0.15) is 0 Å². The predicted octanol–water partition coefficient (Wildman–Crippen LogP) is 2.32. The van der Waals surface area contributed by atoms with E-state index in [1.807, 2.05) is 59.5 Å². The summed E-state index contributed by atoms with van der Waals surface area (Å²) < 4.78 is 5.34. The second-order valence-corrected chi connectivity index (χ2v) is 6.49. The molecule has 0 spiro atoms. The minimum absolute atomic E-state index is 0.104. The fourth-order valence-electron chi connectivity index (χ4n) is 3.32. The maximum Gasteiger partial charge on any atom is 0.230 e. The van der Waals surface area contributed by atoms with Crippen LogP contribution in [0, 0.1) is 0 Å². The van der Waals surface area contributed by atoms with Crippen molar-refractivity contribution in [3.05, 3.63) is 65.7 Å². The van der Waals surface area contributed by atoms with Gasteiger partial charge in [0, 0.05) is 26.2 Å². The van der Waals surface area contributed by atoms with Crippen molar-refractivity contribution < 1.29 is 14.3 Å². The third-order valence-corrected chi connectivity index (χ3v) is 4.85. The van der Waals surface area contributed by atoms with Gasteiger partial charge in [-0.15, -0.1) is 0 Å². The van der Waals surface area contributed by atoms with Crippen LogP contribution in [-0.4, -0.2) is 55.4 Å². The van der Waals surface area contributed by atoms with Crippen LogP contribution in [0.5, 0.6) is 5.75 Å². The van der Waals surface area contributed by atoms with Crippen LogP contribution >= 0.6 is 0 Å². The normalized spacial score (nSPS) is 15.4. The topological polar surface area (TPSA) is 49.9 Å². The van der Waals surface area contributed by atoms with Gasteiger partial charge in [0.05, 0.1) is 13.0 Å². The number of rotatable bonds is 6. The Morgan fingerprint density at radius 3 is 2.46 bits per heavy atom. The third kappa shape index (κ3) is 4.23. The van der Waals surface area contributed by atoms with Gasteiger partial charge in [0.15, 0.2) is 0 Å². The van der Waals surface area contributed by atoms with Gasteiger partial charge < -0.3 is 14.5 Å². The molecule has 5 nitrogen and oxygen atoms in total. The van der Waals surface area contributed by atoms with Crippen LogP contribution in [0.2, 0.25) is 0 Å². The van der Waals surface area contributed by atoms with E-state index in [2.05, 4.69) is 0 Å². The highest BCUT2D eigenvalue weighted by Crippen LogP contribution is 2.27. The molecule has 0 saturated carbocycles. The lowest BCUT2D eigenvalue weighted by molar-refractivity contribution is -0.136. The van der Waals surface area contributed by atoms with E-state index in [4.69, 9.17) is 4.74 Å². The molecule has 1 heterocycles. The van der Waals surface area contributed by atoms with Crippen LogP contribution in [-0.2, 0) is 16.0 Å². The Morgan fingerprint density at radius 1 is 1.08 bits per heavy atom. The number of hydrogen-bond acceptors (Lipinski definition) is 3. The summed E-state index contributed by atoms with van der Waals surface area (Å²) in [4.78, 5) is 27.8. The van der Waals surface area contributed by atoms with Crippen LogP contribution in [0.15, 0.2) is 54.6 Å². The molecule has 0 bridgehead atoms. The molecule has 2 amide bonds. The largest absolute Gasteiger partial charge is 0.497 e. The molecule has 3 rings (SSSR count). The molecule has 5 heteroatoms. The summed E-state index contributed by atoms with van der Waals surface area (Å²) >= 11 is 0. The van der Waals surface area contributed by atoms with Gasteiger partial charge >= 0.3 is 0 Å². The Hall–Kier alpha value is -2.82. The summed E-state index contributed by atoms with van der Waals surface area (Å²) in [5, 5.41) is 0. The highest BCUT2D eigenvalue weighted by molar-refractivity contribution is 5.84. The standard InChI is InChI=1S/C21H24N2O3/c1-26-19-9-5-8-18(15-19)20(14-17-6-3-2-4-7-17)21(25)23-12-10-22(16-24)11-13-23/h2-9,15-16,20H,10-14H2,1H3. The number of ether oxygens (including phenoxy) is 1. The summed E-state index contributed by atoms with van der Waals surface area (Å²) in [5.74, 6) is 0.585. The number of carbonyl (C=O) groups is 2. The van der Waals surface area contributed by atoms with Crippen LogP contribution in [0.3, 0.4) is 0 Å². The van der Waals surface area contributed by atoms with Crippen molar-refractivity contribution in [2.45, 2.75) is 12.3 Å². The van der Waals surface area contributed by atoms with E-state index in [9.17, 15) is 9.59 Å². The highest BCUT2D eigenvalue weighted by atomic mass is 16.5. The van der Waals surface area contributed by atoms with Gasteiger partial charge in [0.1, 0.15) is 5.75 Å². The molecule has 0 radical (unpaired) electrons. The molecular weight excluding hydrogens is 328 g/mol. The zero-order valence-corrected chi connectivity index (χ0v) is 15.0. The molecule has 26 heavy (non-hydrogen) atoms. The van der Waals surface area contributed by atoms with Crippen molar-refractivity contribution in [3.8, 4) is 5.75 Å². The molecule has 2 aromatic rings. The predicted molar refractivity (Wildman–Crippen MR) is 100 cm³/mol. The molecular formula is C21H24N2O3. The Kier molecular flexibility index (Phi) is 5.89. The summed E-state index contributed by atoms with van der Waals surface area (Å²) in [5.41, 5.74) is 2.08. The number of methoxy groups -OCH3 is 1. The number of hydrogen-bond donors (Lipinski definition) is 0. The Labute approximate surface area is 154 Å². The molecule has 0 aliphatic carbocycles. The molecule has 2 aromatic carbocycles. The minimum atomic E-state index is -0.268. The average molecular weight is 352 g/mol. The first kappa shape index (κ1) is 18.0. The Balaban J connectivity index is 1.84. The molecule has 0 N–H and O–H groups in total. The maximum atomic E-state index is 13.3. The van der Waals surface area contributed by atoms with Crippen LogP contribution in [0.25, 0.3) is 0 Å². The van der Waals surface area contributed by atoms with Crippen molar-refractivity contribution in [3.63, 3.8) is 0 Å². The first-order valence-electron chi connectivity index (χ1n) is 8.87. The van der Waals surface area contributed by atoms with E-state index >= 15 is 0 Å². The van der Waals surface area contributed by atoms with Gasteiger partial charge in [-0.05, 0) is 29.7 Å². The summed E-state index contributed by atoms with van der Waals surface area (Å²) in [6, 6.07) is 17.8. The van der Waals surface area contributed by atoms with Crippen LogP contribution in [0.1, 0.15) is 17.0 Å². The zero-order chi connectivity index (χ0) is 18.4. The number of amides is 2. The highest BCUT2D eigenvalue weighted by Gasteiger charge is 2.28. The van der Waals surface area contributed by atoms with E-state index in [0.29, 0.717) is 32.6 Å². The number of piperazine rings is 1. The van der Waals surface area contributed by atoms with Crippen molar-refractivity contribution in [1.82, 2.24) is 9.80 Å². The van der Waals surface area contributed by atoms with E-state index in [1.54, 1.807) is 12.0 Å². The van der Waals surface area contributed by atoms with Gasteiger partial charge in [-0.1, -0.05) is 42.5 Å². The zero-order valence-electron chi connectivity index (χ0n) is 15.0. The molecule has 1 fully saturated rings. The van der Waals surface area contributed by atoms with E-state index in [-0.39, 0.29) is 11.8 Å². The Morgan fingerprint density at radius 2 is 1.81 bits per heavy atom. The fraction of sp³-hybridized carbons (Fsp3) is 0.333. The third-order valence-electron chi connectivity index (χ3n) is 4.85. The van der Waals surface area contributed by atoms with E-state index in [1.165, 1.54) is 0 Å². The van der Waals surface area contributed by atoms with Gasteiger partial charge in [0.25, 0.3) is 0 Å². The summed E-state index contributed by atoms with van der Waals surface area (Å²) in [7, 11) is 1.63. The quantitative estimate of drug-likeness (QED) is 0.750. The lowest BCUT2D eigenvalue weighted by Crippen LogP contribution is -2.49.